The maximum Gasteiger partial charge on any atom is 0.226 e. The zero-order valence-corrected chi connectivity index (χ0v) is 16.9. The van der Waals surface area contributed by atoms with Crippen LogP contribution in [0, 0.1) is 12.8 Å². The van der Waals surface area contributed by atoms with Gasteiger partial charge in [0.15, 0.2) is 5.65 Å². The first kappa shape index (κ1) is 18.7. The number of hydrogen-bond donors (Lipinski definition) is 0. The Hall–Kier alpha value is -2.69. The molecule has 28 heavy (non-hydrogen) atoms. The van der Waals surface area contributed by atoms with Gasteiger partial charge in [-0.05, 0) is 50.8 Å². The Morgan fingerprint density at radius 3 is 2.89 bits per heavy atom. The maximum absolute atomic E-state index is 12.7. The number of aryl methyl sites for hydroxylation is 1. The molecule has 0 spiro atoms. The van der Waals surface area contributed by atoms with E-state index in [0.29, 0.717) is 18.4 Å². The van der Waals surface area contributed by atoms with Crippen molar-refractivity contribution in [2.75, 3.05) is 13.1 Å². The largest absolute Gasteiger partial charge is 0.342 e. The summed E-state index contributed by atoms with van der Waals surface area (Å²) in [5.41, 5.74) is 4.21. The van der Waals surface area contributed by atoms with Crippen LogP contribution in [0.25, 0.3) is 11.2 Å². The van der Waals surface area contributed by atoms with Gasteiger partial charge in [0.05, 0.1) is 6.42 Å². The molecule has 0 bridgehead atoms. The fraction of sp³-hybridized carbons (Fsp3) is 0.435. The van der Waals surface area contributed by atoms with E-state index < -0.39 is 0 Å². The highest BCUT2D eigenvalue weighted by atomic mass is 16.2. The smallest absolute Gasteiger partial charge is 0.226 e. The molecule has 1 atom stereocenters. The molecule has 0 aliphatic carbocycles. The van der Waals surface area contributed by atoms with E-state index in [1.807, 2.05) is 35.4 Å². The Morgan fingerprint density at radius 2 is 2.11 bits per heavy atom. The lowest BCUT2D eigenvalue weighted by atomic mass is 10.0. The predicted molar refractivity (Wildman–Crippen MR) is 111 cm³/mol. The van der Waals surface area contributed by atoms with Gasteiger partial charge in [0.1, 0.15) is 11.3 Å². The minimum atomic E-state index is 0.229. The fourth-order valence-corrected chi connectivity index (χ4v) is 4.26. The van der Waals surface area contributed by atoms with Crippen molar-refractivity contribution in [2.45, 2.75) is 46.1 Å². The van der Waals surface area contributed by atoms with E-state index in [2.05, 4.69) is 42.5 Å². The van der Waals surface area contributed by atoms with E-state index in [4.69, 9.17) is 4.98 Å². The number of hydrogen-bond acceptors (Lipinski definition) is 3. The second-order valence-electron chi connectivity index (χ2n) is 8.20. The Bertz CT molecular complexity index is 991. The number of benzene rings is 1. The lowest BCUT2D eigenvalue weighted by molar-refractivity contribution is -0.129. The number of fused-ring (bicyclic) bond motifs is 1. The average molecular weight is 377 g/mol. The van der Waals surface area contributed by atoms with Crippen molar-refractivity contribution in [1.82, 2.24) is 19.4 Å². The number of rotatable bonds is 5. The summed E-state index contributed by atoms with van der Waals surface area (Å²) in [5, 5.41) is 0. The number of carbonyl (C=O) groups excluding carboxylic acids is 1. The van der Waals surface area contributed by atoms with E-state index in [9.17, 15) is 4.79 Å². The molecule has 2 aromatic heterocycles. The minimum Gasteiger partial charge on any atom is -0.342 e. The van der Waals surface area contributed by atoms with Gasteiger partial charge in [-0.1, -0.05) is 29.8 Å². The molecule has 1 aliphatic rings. The van der Waals surface area contributed by atoms with Gasteiger partial charge < -0.3 is 9.47 Å². The Labute approximate surface area is 166 Å². The lowest BCUT2D eigenvalue weighted by Crippen LogP contribution is -2.30. The summed E-state index contributed by atoms with van der Waals surface area (Å²) in [6.45, 7) is 8.07. The van der Waals surface area contributed by atoms with E-state index in [1.165, 1.54) is 5.56 Å². The zero-order chi connectivity index (χ0) is 19.7. The number of pyridine rings is 1. The van der Waals surface area contributed by atoms with Gasteiger partial charge >= 0.3 is 0 Å². The van der Waals surface area contributed by atoms with Crippen molar-refractivity contribution in [1.29, 1.82) is 0 Å². The third-order valence-corrected chi connectivity index (χ3v) is 5.59. The van der Waals surface area contributed by atoms with Crippen LogP contribution in [0.2, 0.25) is 0 Å². The molecule has 0 N–H and O–H groups in total. The number of nitrogens with zero attached hydrogens (tertiary/aromatic N) is 4. The van der Waals surface area contributed by atoms with E-state index in [-0.39, 0.29) is 5.91 Å². The maximum atomic E-state index is 12.7. The van der Waals surface area contributed by atoms with Gasteiger partial charge in [0, 0.05) is 31.7 Å². The summed E-state index contributed by atoms with van der Waals surface area (Å²) >= 11 is 0. The highest BCUT2D eigenvalue weighted by molar-refractivity contribution is 5.79. The summed E-state index contributed by atoms with van der Waals surface area (Å²) < 4.78 is 2.24. The van der Waals surface area contributed by atoms with Crippen LogP contribution in [0.1, 0.15) is 43.3 Å². The van der Waals surface area contributed by atoms with Crippen molar-refractivity contribution in [3.05, 3.63) is 59.5 Å². The molecule has 4 rings (SSSR count). The van der Waals surface area contributed by atoms with E-state index in [0.717, 1.165) is 48.5 Å². The molecule has 1 amide bonds. The van der Waals surface area contributed by atoms with Crippen LogP contribution >= 0.6 is 0 Å². The van der Waals surface area contributed by atoms with Crippen molar-refractivity contribution >= 4 is 17.1 Å². The molecule has 5 heteroatoms. The second kappa shape index (κ2) is 7.74. The van der Waals surface area contributed by atoms with Crippen LogP contribution in [-0.2, 0) is 17.6 Å². The first-order valence-electron chi connectivity index (χ1n) is 10.2. The summed E-state index contributed by atoms with van der Waals surface area (Å²) in [6.07, 6.45) is 4.24. The normalized spacial score (nSPS) is 17.0. The highest BCUT2D eigenvalue weighted by Crippen LogP contribution is 2.25. The molecule has 0 unspecified atom stereocenters. The highest BCUT2D eigenvalue weighted by Gasteiger charge is 2.28. The molecule has 5 nitrogen and oxygen atoms in total. The standard InChI is InChI=1S/C23H28N4O/c1-16(2)27-21(25-20-8-5-10-24-23(20)27)13-19-9-11-26(15-19)22(28)14-18-7-4-6-17(3)12-18/h4-8,10,12,16,19H,9,11,13-15H2,1-3H3/t19-/m1/s1. The van der Waals surface area contributed by atoms with Gasteiger partial charge in [-0.3, -0.25) is 4.79 Å². The third-order valence-electron chi connectivity index (χ3n) is 5.59. The van der Waals surface area contributed by atoms with Crippen LogP contribution in [-0.4, -0.2) is 38.4 Å². The molecule has 1 saturated heterocycles. The summed E-state index contributed by atoms with van der Waals surface area (Å²) in [5.74, 6) is 1.77. The molecule has 1 fully saturated rings. The quantitative estimate of drug-likeness (QED) is 0.677. The number of imidazole rings is 1. The van der Waals surface area contributed by atoms with Crippen LogP contribution in [0.4, 0.5) is 0 Å². The van der Waals surface area contributed by atoms with Crippen molar-refractivity contribution < 1.29 is 4.79 Å². The SMILES string of the molecule is Cc1cccc(CC(=O)N2CC[C@H](Cc3nc4cccnc4n3C(C)C)C2)c1. The first-order chi connectivity index (χ1) is 13.5. The molecule has 146 valence electrons. The minimum absolute atomic E-state index is 0.229. The number of likely N-dealkylation sites (tertiary alicyclic amines) is 1. The van der Waals surface area contributed by atoms with Crippen LogP contribution in [0.3, 0.4) is 0 Å². The lowest BCUT2D eigenvalue weighted by Gasteiger charge is -2.18. The monoisotopic (exact) mass is 376 g/mol. The van der Waals surface area contributed by atoms with Crippen molar-refractivity contribution in [2.24, 2.45) is 5.92 Å². The molecule has 0 saturated carbocycles. The fourth-order valence-electron chi connectivity index (χ4n) is 4.26. The van der Waals surface area contributed by atoms with Gasteiger partial charge in [0.2, 0.25) is 5.91 Å². The number of amides is 1. The van der Waals surface area contributed by atoms with Crippen molar-refractivity contribution in [3.8, 4) is 0 Å². The Kier molecular flexibility index (Phi) is 5.16. The van der Waals surface area contributed by atoms with Gasteiger partial charge in [-0.25, -0.2) is 9.97 Å². The molecular formula is C23H28N4O. The Morgan fingerprint density at radius 1 is 1.25 bits per heavy atom. The van der Waals surface area contributed by atoms with Crippen LogP contribution in [0.5, 0.6) is 0 Å². The van der Waals surface area contributed by atoms with Crippen LogP contribution in [0.15, 0.2) is 42.6 Å². The molecule has 3 heterocycles. The summed E-state index contributed by atoms with van der Waals surface area (Å²) in [4.78, 5) is 24.1. The average Bonchev–Trinajstić information content (AvgIpc) is 3.26. The summed E-state index contributed by atoms with van der Waals surface area (Å²) in [6, 6.07) is 12.5. The van der Waals surface area contributed by atoms with Crippen LogP contribution < -0.4 is 0 Å². The van der Waals surface area contributed by atoms with E-state index in [1.54, 1.807) is 0 Å². The molecular weight excluding hydrogens is 348 g/mol. The summed E-state index contributed by atoms with van der Waals surface area (Å²) in [7, 11) is 0. The van der Waals surface area contributed by atoms with Gasteiger partial charge in [-0.2, -0.15) is 0 Å². The van der Waals surface area contributed by atoms with E-state index >= 15 is 0 Å². The number of aromatic nitrogens is 3. The van der Waals surface area contributed by atoms with Gasteiger partial charge in [0.25, 0.3) is 0 Å². The predicted octanol–water partition coefficient (Wildman–Crippen LogP) is 3.95. The molecule has 1 aromatic carbocycles. The third kappa shape index (κ3) is 3.79. The molecule has 0 radical (unpaired) electrons. The number of carbonyl (C=O) groups is 1. The topological polar surface area (TPSA) is 51.0 Å². The Balaban J connectivity index is 1.44. The molecule has 1 aliphatic heterocycles. The molecule has 3 aromatic rings. The second-order valence-corrected chi connectivity index (χ2v) is 8.20. The first-order valence-corrected chi connectivity index (χ1v) is 10.2. The zero-order valence-electron chi connectivity index (χ0n) is 16.9. The van der Waals surface area contributed by atoms with Crippen molar-refractivity contribution in [3.63, 3.8) is 0 Å². The van der Waals surface area contributed by atoms with Gasteiger partial charge in [-0.15, -0.1) is 0 Å².